The highest BCUT2D eigenvalue weighted by molar-refractivity contribution is 5.68. The molecule has 4 nitrogen and oxygen atoms in total. The van der Waals surface area contributed by atoms with Gasteiger partial charge in [-0.3, -0.25) is 0 Å². The number of hydrogen-bond donors (Lipinski definition) is 1. The molecule has 1 atom stereocenters. The third-order valence-electron chi connectivity index (χ3n) is 3.61. The Hall–Kier alpha value is -1.62. The maximum absolute atomic E-state index is 13.9. The molecule has 0 radical (unpaired) electrons. The van der Waals surface area contributed by atoms with Gasteiger partial charge in [0.1, 0.15) is 11.4 Å². The van der Waals surface area contributed by atoms with Crippen molar-refractivity contribution < 1.29 is 13.9 Å². The molecule has 5 heteroatoms. The van der Waals surface area contributed by atoms with Crippen LogP contribution in [0.1, 0.15) is 59.1 Å². The van der Waals surface area contributed by atoms with Crippen molar-refractivity contribution in [3.8, 4) is 0 Å². The summed E-state index contributed by atoms with van der Waals surface area (Å²) in [7, 11) is 0. The van der Waals surface area contributed by atoms with Crippen molar-refractivity contribution in [2.24, 2.45) is 0 Å². The molecule has 1 aromatic carbocycles. The van der Waals surface area contributed by atoms with Crippen LogP contribution < -0.4 is 5.32 Å². The van der Waals surface area contributed by atoms with Crippen LogP contribution in [0, 0.1) is 5.82 Å². The third kappa shape index (κ3) is 6.87. The molecule has 0 saturated heterocycles. The van der Waals surface area contributed by atoms with Gasteiger partial charge in [0.25, 0.3) is 0 Å². The van der Waals surface area contributed by atoms with Gasteiger partial charge in [0.2, 0.25) is 0 Å². The maximum Gasteiger partial charge on any atom is 0.410 e. The largest absolute Gasteiger partial charge is 0.444 e. The van der Waals surface area contributed by atoms with Crippen LogP contribution in [0.15, 0.2) is 24.3 Å². The average Bonchev–Trinajstić information content (AvgIpc) is 2.50. The van der Waals surface area contributed by atoms with Crippen molar-refractivity contribution in [3.63, 3.8) is 0 Å². The molecular weight excluding hydrogens is 307 g/mol. The van der Waals surface area contributed by atoms with E-state index in [0.29, 0.717) is 25.2 Å². The standard InChI is InChI=1S/C19H31FN2O2/c1-6-13-22(18(23)24-19(3,4)5)14-12-21-17(7-2)15-10-8-9-11-16(15)20/h8-11,17,21H,6-7,12-14H2,1-5H3. The first kappa shape index (κ1) is 20.4. The SMILES string of the molecule is CCCN(CCNC(CC)c1ccccc1F)C(=O)OC(C)(C)C. The molecule has 0 aromatic heterocycles. The van der Waals surface area contributed by atoms with Crippen LogP contribution in [-0.2, 0) is 4.74 Å². The van der Waals surface area contributed by atoms with Gasteiger partial charge in [-0.1, -0.05) is 32.0 Å². The Balaban J connectivity index is 2.60. The summed E-state index contributed by atoms with van der Waals surface area (Å²) in [4.78, 5) is 13.9. The second-order valence-electron chi connectivity index (χ2n) is 6.90. The molecule has 1 rings (SSSR count). The van der Waals surface area contributed by atoms with E-state index in [9.17, 15) is 9.18 Å². The van der Waals surface area contributed by atoms with Crippen LogP contribution in [0.5, 0.6) is 0 Å². The number of benzene rings is 1. The normalized spacial score (nSPS) is 12.8. The highest BCUT2D eigenvalue weighted by Gasteiger charge is 2.21. The molecule has 1 amide bonds. The Bertz CT molecular complexity index is 514. The van der Waals surface area contributed by atoms with E-state index >= 15 is 0 Å². The fraction of sp³-hybridized carbons (Fsp3) is 0.632. The van der Waals surface area contributed by atoms with E-state index in [0.717, 1.165) is 12.8 Å². The maximum atomic E-state index is 13.9. The fourth-order valence-electron chi connectivity index (χ4n) is 2.50. The van der Waals surface area contributed by atoms with Crippen LogP contribution in [0.3, 0.4) is 0 Å². The summed E-state index contributed by atoms with van der Waals surface area (Å²) in [6.45, 7) is 11.4. The summed E-state index contributed by atoms with van der Waals surface area (Å²) < 4.78 is 19.4. The minimum Gasteiger partial charge on any atom is -0.444 e. The number of carbonyl (C=O) groups is 1. The van der Waals surface area contributed by atoms with Crippen LogP contribution >= 0.6 is 0 Å². The Morgan fingerprint density at radius 2 is 1.92 bits per heavy atom. The summed E-state index contributed by atoms with van der Waals surface area (Å²) in [6, 6.07) is 6.75. The predicted molar refractivity (Wildman–Crippen MR) is 95.5 cm³/mol. The summed E-state index contributed by atoms with van der Waals surface area (Å²) in [5.41, 5.74) is 0.162. The quantitative estimate of drug-likeness (QED) is 0.758. The second-order valence-corrected chi connectivity index (χ2v) is 6.90. The van der Waals surface area contributed by atoms with Crippen LogP contribution in [0.25, 0.3) is 0 Å². The summed E-state index contributed by atoms with van der Waals surface area (Å²) >= 11 is 0. The second kappa shape index (κ2) is 9.62. The number of nitrogens with zero attached hydrogens (tertiary/aromatic N) is 1. The summed E-state index contributed by atoms with van der Waals surface area (Å²) in [5.74, 6) is -0.200. The highest BCUT2D eigenvalue weighted by Crippen LogP contribution is 2.19. The molecule has 136 valence electrons. The van der Waals surface area contributed by atoms with Crippen LogP contribution in [0.2, 0.25) is 0 Å². The zero-order valence-electron chi connectivity index (χ0n) is 15.6. The van der Waals surface area contributed by atoms with E-state index in [-0.39, 0.29) is 18.0 Å². The number of nitrogens with one attached hydrogen (secondary N) is 1. The smallest absolute Gasteiger partial charge is 0.410 e. The van der Waals surface area contributed by atoms with Crippen molar-refractivity contribution in [1.29, 1.82) is 0 Å². The molecule has 24 heavy (non-hydrogen) atoms. The number of halogens is 1. The summed E-state index contributed by atoms with van der Waals surface area (Å²) in [5, 5.41) is 3.34. The molecule has 0 spiro atoms. The lowest BCUT2D eigenvalue weighted by molar-refractivity contribution is 0.0250. The zero-order valence-corrected chi connectivity index (χ0v) is 15.6. The van der Waals surface area contributed by atoms with Gasteiger partial charge in [-0.2, -0.15) is 0 Å². The molecule has 0 saturated carbocycles. The highest BCUT2D eigenvalue weighted by atomic mass is 19.1. The molecule has 1 N–H and O–H groups in total. The van der Waals surface area contributed by atoms with Crippen molar-refractivity contribution >= 4 is 6.09 Å². The number of carbonyl (C=O) groups excluding carboxylic acids is 1. The van der Waals surface area contributed by atoms with Crippen molar-refractivity contribution in [3.05, 3.63) is 35.6 Å². The first-order chi connectivity index (χ1) is 11.3. The van der Waals surface area contributed by atoms with Gasteiger partial charge >= 0.3 is 6.09 Å². The van der Waals surface area contributed by atoms with Gasteiger partial charge in [0.05, 0.1) is 0 Å². The molecular formula is C19H31FN2O2. The van der Waals surface area contributed by atoms with E-state index in [4.69, 9.17) is 4.74 Å². The molecule has 0 aliphatic carbocycles. The summed E-state index contributed by atoms with van der Waals surface area (Å²) in [6.07, 6.45) is 1.34. The van der Waals surface area contributed by atoms with E-state index in [1.165, 1.54) is 6.07 Å². The van der Waals surface area contributed by atoms with Gasteiger partial charge in [-0.05, 0) is 39.7 Å². The van der Waals surface area contributed by atoms with E-state index in [2.05, 4.69) is 5.32 Å². The topological polar surface area (TPSA) is 41.6 Å². The van der Waals surface area contributed by atoms with E-state index in [1.54, 1.807) is 17.0 Å². The molecule has 0 aliphatic heterocycles. The molecule has 0 bridgehead atoms. The van der Waals surface area contributed by atoms with Gasteiger partial charge in [-0.25, -0.2) is 9.18 Å². The van der Waals surface area contributed by atoms with Crippen molar-refractivity contribution in [2.75, 3.05) is 19.6 Å². The average molecular weight is 338 g/mol. The molecule has 0 heterocycles. The molecule has 0 aliphatic rings. The van der Waals surface area contributed by atoms with Crippen molar-refractivity contribution in [1.82, 2.24) is 10.2 Å². The van der Waals surface area contributed by atoms with Crippen LogP contribution in [-0.4, -0.2) is 36.2 Å². The minimum absolute atomic E-state index is 0.0617. The fourth-order valence-corrected chi connectivity index (χ4v) is 2.50. The molecule has 1 aromatic rings. The number of amides is 1. The Morgan fingerprint density at radius 3 is 2.46 bits per heavy atom. The minimum atomic E-state index is -0.504. The number of ether oxygens (including phenoxy) is 1. The Labute approximate surface area is 145 Å². The number of hydrogen-bond acceptors (Lipinski definition) is 3. The zero-order chi connectivity index (χ0) is 18.2. The lowest BCUT2D eigenvalue weighted by atomic mass is 10.0. The Kier molecular flexibility index (Phi) is 8.19. The lowest BCUT2D eigenvalue weighted by Crippen LogP contribution is -2.41. The van der Waals surface area contributed by atoms with Gasteiger partial charge in [0.15, 0.2) is 0 Å². The predicted octanol–water partition coefficient (Wildman–Crippen LogP) is 4.51. The van der Waals surface area contributed by atoms with Crippen LogP contribution in [0.4, 0.5) is 9.18 Å². The van der Waals surface area contributed by atoms with E-state index < -0.39 is 5.60 Å². The van der Waals surface area contributed by atoms with Gasteiger partial charge in [0, 0.05) is 31.2 Å². The van der Waals surface area contributed by atoms with Crippen molar-refractivity contribution in [2.45, 2.75) is 59.1 Å². The molecule has 1 unspecified atom stereocenters. The van der Waals surface area contributed by atoms with Gasteiger partial charge in [-0.15, -0.1) is 0 Å². The Morgan fingerprint density at radius 1 is 1.25 bits per heavy atom. The third-order valence-corrected chi connectivity index (χ3v) is 3.61. The van der Waals surface area contributed by atoms with E-state index in [1.807, 2.05) is 40.7 Å². The first-order valence-corrected chi connectivity index (χ1v) is 8.74. The lowest BCUT2D eigenvalue weighted by Gasteiger charge is -2.28. The molecule has 0 fully saturated rings. The number of rotatable bonds is 8. The first-order valence-electron chi connectivity index (χ1n) is 8.74. The van der Waals surface area contributed by atoms with Gasteiger partial charge < -0.3 is 15.0 Å². The monoisotopic (exact) mass is 338 g/mol.